The number of hydrogen-bond donors (Lipinski definition) is 2. The molecule has 3 saturated carbocycles. The number of carbonyl (C=O) groups excluding carboxylic acids is 3. The standard InChI is InChI=1S/C27H36F2O6/c1-14-9-16-17-11-19(28)18-10-15(30)7-8-24(18,5)26(17,29)20(31)12-25(16,6)27(14,34)21(32)13-35-22(33)23(2,3)4/h7-8,10,14,16-17,19-20,31,34H,9,11-13H2,1-6H3/t14-,16+,17-,19+,20+,24+,25+,26+,27+/m1/s1. The summed E-state index contributed by atoms with van der Waals surface area (Å²) in [6, 6.07) is 0. The Morgan fingerprint density at radius 2 is 1.83 bits per heavy atom. The van der Waals surface area contributed by atoms with Crippen LogP contribution in [-0.2, 0) is 19.1 Å². The first-order valence-corrected chi connectivity index (χ1v) is 12.3. The molecule has 0 radical (unpaired) electrons. The third-order valence-electron chi connectivity index (χ3n) is 9.58. The quantitative estimate of drug-likeness (QED) is 0.583. The second-order valence-electron chi connectivity index (χ2n) is 12.5. The van der Waals surface area contributed by atoms with E-state index < -0.39 is 81.7 Å². The van der Waals surface area contributed by atoms with Crippen LogP contribution in [0.1, 0.15) is 60.8 Å². The highest BCUT2D eigenvalue weighted by Crippen LogP contribution is 2.70. The third-order valence-corrected chi connectivity index (χ3v) is 9.58. The highest BCUT2D eigenvalue weighted by Gasteiger charge is 2.76. The zero-order valence-electron chi connectivity index (χ0n) is 21.2. The number of rotatable bonds is 3. The Balaban J connectivity index is 1.72. The van der Waals surface area contributed by atoms with E-state index >= 15 is 8.78 Å². The van der Waals surface area contributed by atoms with Gasteiger partial charge in [0, 0.05) is 16.7 Å². The van der Waals surface area contributed by atoms with E-state index in [1.807, 2.05) is 0 Å². The number of Topliss-reactive ketones (excluding diaryl/α,β-unsaturated/α-hetero) is 1. The number of ether oxygens (including phenoxy) is 1. The maximum atomic E-state index is 17.1. The molecule has 194 valence electrons. The Labute approximate surface area is 204 Å². The van der Waals surface area contributed by atoms with Crippen molar-refractivity contribution in [1.82, 2.24) is 0 Å². The minimum Gasteiger partial charge on any atom is -0.457 e. The first-order chi connectivity index (χ1) is 15.9. The molecular weight excluding hydrogens is 458 g/mol. The number of alkyl halides is 2. The molecule has 0 aliphatic heterocycles. The summed E-state index contributed by atoms with van der Waals surface area (Å²) in [5, 5.41) is 23.2. The fourth-order valence-corrected chi connectivity index (χ4v) is 7.59. The molecular formula is C27H36F2O6. The van der Waals surface area contributed by atoms with Gasteiger partial charge in [-0.25, -0.2) is 8.78 Å². The summed E-state index contributed by atoms with van der Waals surface area (Å²) in [5.41, 5.74) is -7.87. The van der Waals surface area contributed by atoms with Crippen LogP contribution in [0, 0.1) is 34.0 Å². The van der Waals surface area contributed by atoms with Crippen LogP contribution in [0.2, 0.25) is 0 Å². The summed E-state index contributed by atoms with van der Waals surface area (Å²) in [6.45, 7) is 9.15. The Kier molecular flexibility index (Phi) is 5.81. The van der Waals surface area contributed by atoms with Crippen LogP contribution in [-0.4, -0.2) is 57.9 Å². The van der Waals surface area contributed by atoms with Crippen molar-refractivity contribution >= 4 is 17.5 Å². The van der Waals surface area contributed by atoms with Gasteiger partial charge >= 0.3 is 5.97 Å². The number of aliphatic hydroxyl groups is 2. The van der Waals surface area contributed by atoms with Gasteiger partial charge in [0.1, 0.15) is 11.8 Å². The molecule has 4 aliphatic carbocycles. The highest BCUT2D eigenvalue weighted by molar-refractivity contribution is 6.01. The summed E-state index contributed by atoms with van der Waals surface area (Å²) in [7, 11) is 0. The molecule has 0 amide bonds. The van der Waals surface area contributed by atoms with Gasteiger partial charge in [0.25, 0.3) is 0 Å². The summed E-state index contributed by atoms with van der Waals surface area (Å²) in [5.74, 6) is -3.94. The Morgan fingerprint density at radius 3 is 2.43 bits per heavy atom. The van der Waals surface area contributed by atoms with E-state index in [4.69, 9.17) is 4.74 Å². The molecule has 4 aliphatic rings. The normalized spacial score (nSPS) is 46.9. The molecule has 0 unspecified atom stereocenters. The zero-order valence-corrected chi connectivity index (χ0v) is 21.2. The van der Waals surface area contributed by atoms with Gasteiger partial charge in [-0.1, -0.05) is 19.9 Å². The van der Waals surface area contributed by atoms with E-state index in [1.165, 1.54) is 19.1 Å². The number of fused-ring (bicyclic) bond motifs is 5. The van der Waals surface area contributed by atoms with Crippen LogP contribution >= 0.6 is 0 Å². The summed E-state index contributed by atoms with van der Waals surface area (Å²) < 4.78 is 37.8. The lowest BCUT2D eigenvalue weighted by Gasteiger charge is -2.63. The number of allylic oxidation sites excluding steroid dienone is 4. The number of carbonyl (C=O) groups is 3. The minimum absolute atomic E-state index is 0.0258. The Hall–Kier alpha value is -1.93. The molecule has 0 bridgehead atoms. The van der Waals surface area contributed by atoms with Gasteiger partial charge < -0.3 is 14.9 Å². The lowest BCUT2D eigenvalue weighted by atomic mass is 9.44. The maximum absolute atomic E-state index is 17.1. The van der Waals surface area contributed by atoms with E-state index in [1.54, 1.807) is 34.6 Å². The first kappa shape index (κ1) is 26.1. The van der Waals surface area contributed by atoms with E-state index in [-0.39, 0.29) is 24.8 Å². The summed E-state index contributed by atoms with van der Waals surface area (Å²) in [6.07, 6.45) is 0.249. The van der Waals surface area contributed by atoms with Crippen LogP contribution < -0.4 is 0 Å². The number of hydrogen-bond acceptors (Lipinski definition) is 6. The minimum atomic E-state index is -2.28. The van der Waals surface area contributed by atoms with Crippen molar-refractivity contribution in [3.05, 3.63) is 23.8 Å². The van der Waals surface area contributed by atoms with Crippen molar-refractivity contribution in [2.75, 3.05) is 6.61 Å². The lowest BCUT2D eigenvalue weighted by Crippen LogP contribution is -2.70. The highest BCUT2D eigenvalue weighted by atomic mass is 19.1. The molecule has 8 heteroatoms. The van der Waals surface area contributed by atoms with Crippen LogP contribution in [0.4, 0.5) is 8.78 Å². The van der Waals surface area contributed by atoms with Crippen molar-refractivity contribution in [3.8, 4) is 0 Å². The molecule has 0 heterocycles. The van der Waals surface area contributed by atoms with E-state index in [2.05, 4.69) is 0 Å². The van der Waals surface area contributed by atoms with Gasteiger partial charge in [0.05, 0.1) is 11.5 Å². The molecule has 6 nitrogen and oxygen atoms in total. The third kappa shape index (κ3) is 3.28. The van der Waals surface area contributed by atoms with Crippen molar-refractivity contribution in [2.45, 2.75) is 84.4 Å². The summed E-state index contributed by atoms with van der Waals surface area (Å²) in [4.78, 5) is 37.5. The second-order valence-corrected chi connectivity index (χ2v) is 12.5. The molecule has 0 aromatic heterocycles. The van der Waals surface area contributed by atoms with Crippen molar-refractivity contribution < 1.29 is 38.1 Å². The van der Waals surface area contributed by atoms with E-state index in [9.17, 15) is 24.6 Å². The van der Waals surface area contributed by atoms with Gasteiger partial charge in [-0.15, -0.1) is 0 Å². The molecule has 9 atom stereocenters. The van der Waals surface area contributed by atoms with Crippen molar-refractivity contribution in [3.63, 3.8) is 0 Å². The van der Waals surface area contributed by atoms with Gasteiger partial charge in [-0.3, -0.25) is 14.4 Å². The molecule has 0 aromatic carbocycles. The van der Waals surface area contributed by atoms with Crippen LogP contribution in [0.25, 0.3) is 0 Å². The van der Waals surface area contributed by atoms with Crippen molar-refractivity contribution in [1.29, 1.82) is 0 Å². The van der Waals surface area contributed by atoms with Gasteiger partial charge in [0.2, 0.25) is 5.78 Å². The number of ketones is 2. The Morgan fingerprint density at radius 1 is 1.20 bits per heavy atom. The average molecular weight is 495 g/mol. The fourth-order valence-electron chi connectivity index (χ4n) is 7.59. The number of esters is 1. The predicted octanol–water partition coefficient (Wildman–Crippen LogP) is 3.44. The lowest BCUT2D eigenvalue weighted by molar-refractivity contribution is -0.224. The van der Waals surface area contributed by atoms with Crippen molar-refractivity contribution in [2.24, 2.45) is 34.0 Å². The molecule has 35 heavy (non-hydrogen) atoms. The molecule has 0 aromatic rings. The largest absolute Gasteiger partial charge is 0.457 e. The fraction of sp³-hybridized carbons (Fsp3) is 0.741. The first-order valence-electron chi connectivity index (χ1n) is 12.3. The number of halogens is 2. The van der Waals surface area contributed by atoms with Gasteiger partial charge in [-0.2, -0.15) is 0 Å². The van der Waals surface area contributed by atoms with Crippen LogP contribution in [0.5, 0.6) is 0 Å². The molecule has 2 N–H and O–H groups in total. The zero-order chi connectivity index (χ0) is 26.4. The molecule has 0 saturated heterocycles. The van der Waals surface area contributed by atoms with Crippen LogP contribution in [0.3, 0.4) is 0 Å². The predicted molar refractivity (Wildman–Crippen MR) is 124 cm³/mol. The van der Waals surface area contributed by atoms with Gasteiger partial charge in [-0.05, 0) is 76.5 Å². The number of aliphatic hydroxyl groups excluding tert-OH is 1. The SMILES string of the molecule is C[C@@H]1C[C@H]2[C@H]3C[C@H](F)C4=CC(=O)C=C[C@]4(C)[C@@]3(F)[C@@H](O)C[C@]2(C)[C@@]1(O)C(=O)COC(=O)C(C)(C)C. The van der Waals surface area contributed by atoms with E-state index in [0.717, 1.165) is 6.08 Å². The monoisotopic (exact) mass is 494 g/mol. The Bertz CT molecular complexity index is 1030. The van der Waals surface area contributed by atoms with Crippen LogP contribution in [0.15, 0.2) is 23.8 Å². The average Bonchev–Trinajstić information content (AvgIpc) is 2.96. The summed E-state index contributed by atoms with van der Waals surface area (Å²) >= 11 is 0. The second kappa shape index (κ2) is 7.78. The molecule has 3 fully saturated rings. The molecule has 0 spiro atoms. The topological polar surface area (TPSA) is 101 Å². The van der Waals surface area contributed by atoms with Gasteiger partial charge in [0.15, 0.2) is 18.1 Å². The molecule has 4 rings (SSSR count). The maximum Gasteiger partial charge on any atom is 0.311 e. The smallest absolute Gasteiger partial charge is 0.311 e. The van der Waals surface area contributed by atoms with E-state index in [0.29, 0.717) is 0 Å².